The van der Waals surface area contributed by atoms with E-state index in [2.05, 4.69) is 39.5 Å². The lowest BCUT2D eigenvalue weighted by atomic mass is 9.96. The molecular formula is C22H25ClN4O4. The van der Waals surface area contributed by atoms with Crippen LogP contribution in [0.15, 0.2) is 36.5 Å². The van der Waals surface area contributed by atoms with Crippen molar-refractivity contribution in [3.05, 3.63) is 62.9 Å². The van der Waals surface area contributed by atoms with Crippen molar-refractivity contribution in [1.29, 1.82) is 0 Å². The van der Waals surface area contributed by atoms with Gasteiger partial charge in [-0.15, -0.1) is 0 Å². The fourth-order valence-electron chi connectivity index (χ4n) is 4.80. The number of pyridine rings is 1. The predicted octanol–water partition coefficient (Wildman–Crippen LogP) is 4.43. The minimum absolute atomic E-state index is 0.00475. The normalized spacial score (nSPS) is 22.8. The molecular weight excluding hydrogens is 420 g/mol. The quantitative estimate of drug-likeness (QED) is 0.292. The first-order valence-electron chi connectivity index (χ1n) is 10.5. The minimum atomic E-state index is -0.651. The summed E-state index contributed by atoms with van der Waals surface area (Å²) in [7, 11) is 0. The number of ether oxygens (including phenoxy) is 1. The van der Waals surface area contributed by atoms with Crippen LogP contribution < -0.4 is 5.32 Å². The van der Waals surface area contributed by atoms with Gasteiger partial charge in [0.15, 0.2) is 0 Å². The van der Waals surface area contributed by atoms with Crippen LogP contribution in [0, 0.1) is 10.1 Å². The Morgan fingerprint density at radius 2 is 1.97 bits per heavy atom. The van der Waals surface area contributed by atoms with E-state index in [1.54, 1.807) is 6.92 Å². The molecule has 4 rings (SSSR count). The van der Waals surface area contributed by atoms with E-state index in [-0.39, 0.29) is 34.7 Å². The topological polar surface area (TPSA) is 97.6 Å². The lowest BCUT2D eigenvalue weighted by Gasteiger charge is -2.39. The molecule has 2 aromatic rings. The second kappa shape index (κ2) is 9.20. The number of carbonyl (C=O) groups is 1. The Balaban J connectivity index is 1.56. The molecule has 1 aromatic heterocycles. The highest BCUT2D eigenvalue weighted by Crippen LogP contribution is 2.40. The third kappa shape index (κ3) is 4.50. The number of carbonyl (C=O) groups excluding carboxylic acids is 1. The maximum atomic E-state index is 12.4. The van der Waals surface area contributed by atoms with Gasteiger partial charge in [0, 0.05) is 30.9 Å². The molecule has 3 heterocycles. The highest BCUT2D eigenvalue weighted by atomic mass is 35.5. The van der Waals surface area contributed by atoms with Gasteiger partial charge in [0.05, 0.1) is 11.5 Å². The van der Waals surface area contributed by atoms with Gasteiger partial charge in [-0.3, -0.25) is 15.0 Å². The molecule has 2 aliphatic rings. The summed E-state index contributed by atoms with van der Waals surface area (Å²) in [4.78, 5) is 29.9. The number of nitrogens with one attached hydrogen (secondary N) is 1. The maximum Gasteiger partial charge on any atom is 0.342 e. The highest BCUT2D eigenvalue weighted by molar-refractivity contribution is 6.32. The van der Waals surface area contributed by atoms with Crippen LogP contribution in [0.2, 0.25) is 5.15 Å². The highest BCUT2D eigenvalue weighted by Gasteiger charge is 2.41. The number of anilines is 1. The van der Waals surface area contributed by atoms with E-state index in [9.17, 15) is 14.9 Å². The standard InChI is InChI=1S/C22H25ClN4O4/c1-2-31-22(28)18-12-24-21(23)20(27(29)30)19(18)25-15-10-16-8-9-17(11-15)26(16)13-14-6-4-3-5-7-14/h3-7,12,15-17H,2,8-11,13H2,1H3,(H,24,25)/t15-,16-,17+. The largest absolute Gasteiger partial charge is 0.462 e. The Morgan fingerprint density at radius 3 is 2.58 bits per heavy atom. The van der Waals surface area contributed by atoms with Crippen LogP contribution in [0.4, 0.5) is 11.4 Å². The number of benzene rings is 1. The van der Waals surface area contributed by atoms with Crippen molar-refractivity contribution in [3.8, 4) is 0 Å². The third-order valence-corrected chi connectivity index (χ3v) is 6.40. The molecule has 2 fully saturated rings. The van der Waals surface area contributed by atoms with Crippen molar-refractivity contribution in [1.82, 2.24) is 9.88 Å². The van der Waals surface area contributed by atoms with E-state index in [0.717, 1.165) is 32.2 Å². The second-order valence-electron chi connectivity index (χ2n) is 8.02. The van der Waals surface area contributed by atoms with Crippen LogP contribution >= 0.6 is 11.6 Å². The number of halogens is 1. The summed E-state index contributed by atoms with van der Waals surface area (Å²) in [6.45, 7) is 2.75. The zero-order chi connectivity index (χ0) is 22.0. The van der Waals surface area contributed by atoms with Gasteiger partial charge >= 0.3 is 11.7 Å². The lowest BCUT2D eigenvalue weighted by Crippen LogP contribution is -2.46. The van der Waals surface area contributed by atoms with E-state index >= 15 is 0 Å². The zero-order valence-electron chi connectivity index (χ0n) is 17.3. The van der Waals surface area contributed by atoms with Gasteiger partial charge in [0.25, 0.3) is 0 Å². The first-order chi connectivity index (χ1) is 15.0. The van der Waals surface area contributed by atoms with Crippen LogP contribution in [-0.4, -0.2) is 45.5 Å². The monoisotopic (exact) mass is 444 g/mol. The Bertz CT molecular complexity index is 957. The summed E-state index contributed by atoms with van der Waals surface area (Å²) in [5.41, 5.74) is 1.04. The first-order valence-corrected chi connectivity index (χ1v) is 10.9. The molecule has 9 heteroatoms. The number of aromatic nitrogens is 1. The molecule has 2 aliphatic heterocycles. The molecule has 1 aromatic carbocycles. The minimum Gasteiger partial charge on any atom is -0.462 e. The van der Waals surface area contributed by atoms with Gasteiger partial charge < -0.3 is 10.1 Å². The number of piperidine rings is 1. The average molecular weight is 445 g/mol. The van der Waals surface area contributed by atoms with Gasteiger partial charge in [0.1, 0.15) is 11.3 Å². The van der Waals surface area contributed by atoms with Crippen molar-refractivity contribution in [2.75, 3.05) is 11.9 Å². The maximum absolute atomic E-state index is 12.4. The SMILES string of the molecule is CCOC(=O)c1cnc(Cl)c([N+](=O)[O-])c1N[C@@H]1C[C@H]2CC[C@@H](C1)N2Cc1ccccc1. The van der Waals surface area contributed by atoms with Gasteiger partial charge in [0.2, 0.25) is 5.15 Å². The van der Waals surface area contributed by atoms with Gasteiger partial charge in [-0.2, -0.15) is 0 Å². The number of fused-ring (bicyclic) bond motifs is 2. The molecule has 0 spiro atoms. The summed E-state index contributed by atoms with van der Waals surface area (Å²) < 4.78 is 5.08. The van der Waals surface area contributed by atoms with Crippen LogP contribution in [-0.2, 0) is 11.3 Å². The molecule has 1 N–H and O–H groups in total. The van der Waals surface area contributed by atoms with E-state index in [1.807, 2.05) is 6.07 Å². The number of esters is 1. The second-order valence-corrected chi connectivity index (χ2v) is 8.38. The number of hydrogen-bond acceptors (Lipinski definition) is 7. The van der Waals surface area contributed by atoms with Crippen LogP contribution in [0.3, 0.4) is 0 Å². The van der Waals surface area contributed by atoms with Crippen LogP contribution in [0.1, 0.15) is 48.5 Å². The smallest absolute Gasteiger partial charge is 0.342 e. The summed E-state index contributed by atoms with van der Waals surface area (Å²) in [6, 6.07) is 11.2. The van der Waals surface area contributed by atoms with Crippen molar-refractivity contribution in [3.63, 3.8) is 0 Å². The number of rotatable bonds is 7. The molecule has 0 saturated carbocycles. The summed E-state index contributed by atoms with van der Waals surface area (Å²) in [5.74, 6) is -0.651. The summed E-state index contributed by atoms with van der Waals surface area (Å²) in [6.07, 6.45) is 5.11. The van der Waals surface area contributed by atoms with E-state index in [4.69, 9.17) is 16.3 Å². The molecule has 2 bridgehead atoms. The number of nitrogens with zero attached hydrogens (tertiary/aromatic N) is 3. The average Bonchev–Trinajstić information content (AvgIpc) is 2.97. The van der Waals surface area contributed by atoms with Crippen LogP contribution in [0.25, 0.3) is 0 Å². The molecule has 3 atom stereocenters. The Hall–Kier alpha value is -2.71. The number of nitro groups is 1. The van der Waals surface area contributed by atoms with Gasteiger partial charge in [-0.25, -0.2) is 9.78 Å². The van der Waals surface area contributed by atoms with Crippen molar-refractivity contribution in [2.24, 2.45) is 0 Å². The fraction of sp³-hybridized carbons (Fsp3) is 0.455. The van der Waals surface area contributed by atoms with Crippen LogP contribution in [0.5, 0.6) is 0 Å². The van der Waals surface area contributed by atoms with Crippen molar-refractivity contribution in [2.45, 2.75) is 57.3 Å². The molecule has 0 amide bonds. The molecule has 0 aliphatic carbocycles. The first kappa shape index (κ1) is 21.5. The lowest BCUT2D eigenvalue weighted by molar-refractivity contribution is -0.384. The van der Waals surface area contributed by atoms with Crippen molar-refractivity contribution < 1.29 is 14.5 Å². The Morgan fingerprint density at radius 1 is 1.29 bits per heavy atom. The third-order valence-electron chi connectivity index (χ3n) is 6.13. The molecule has 2 saturated heterocycles. The Labute approximate surface area is 185 Å². The summed E-state index contributed by atoms with van der Waals surface area (Å²) in [5, 5.41) is 14.7. The fourth-order valence-corrected chi connectivity index (χ4v) is 5.01. The molecule has 31 heavy (non-hydrogen) atoms. The van der Waals surface area contributed by atoms with Gasteiger partial charge in [-0.1, -0.05) is 41.9 Å². The van der Waals surface area contributed by atoms with E-state index in [1.165, 1.54) is 11.8 Å². The molecule has 0 unspecified atom stereocenters. The summed E-state index contributed by atoms with van der Waals surface area (Å²) >= 11 is 6.03. The van der Waals surface area contributed by atoms with E-state index in [0.29, 0.717) is 12.1 Å². The molecule has 8 nitrogen and oxygen atoms in total. The number of hydrogen-bond donors (Lipinski definition) is 1. The van der Waals surface area contributed by atoms with Crippen molar-refractivity contribution >= 4 is 28.9 Å². The Kier molecular flexibility index (Phi) is 6.38. The van der Waals surface area contributed by atoms with Gasteiger partial charge in [-0.05, 0) is 38.2 Å². The zero-order valence-corrected chi connectivity index (χ0v) is 18.0. The predicted molar refractivity (Wildman–Crippen MR) is 117 cm³/mol. The molecule has 0 radical (unpaired) electrons. The van der Waals surface area contributed by atoms with E-state index < -0.39 is 10.9 Å². The molecule has 164 valence electrons.